The summed E-state index contributed by atoms with van der Waals surface area (Å²) in [5.41, 5.74) is 8.11. The minimum Gasteiger partial charge on any atom is -0.478 e. The molecule has 7 nitrogen and oxygen atoms in total. The van der Waals surface area contributed by atoms with E-state index < -0.39 is 5.97 Å². The summed E-state index contributed by atoms with van der Waals surface area (Å²) in [6.45, 7) is 6.06. The summed E-state index contributed by atoms with van der Waals surface area (Å²) >= 11 is 0. The van der Waals surface area contributed by atoms with Crippen LogP contribution in [0.15, 0.2) is 47.6 Å². The van der Waals surface area contributed by atoms with Crippen molar-refractivity contribution in [1.82, 2.24) is 0 Å². The van der Waals surface area contributed by atoms with Crippen molar-refractivity contribution in [3.63, 3.8) is 0 Å². The third-order valence-corrected chi connectivity index (χ3v) is 3.68. The fourth-order valence-corrected chi connectivity index (χ4v) is 2.36. The molecule has 0 saturated heterocycles. The molecule has 0 bridgehead atoms. The monoisotopic (exact) mass is 328 g/mol. The summed E-state index contributed by atoms with van der Waals surface area (Å²) in [6.07, 6.45) is 0. The van der Waals surface area contributed by atoms with Crippen LogP contribution in [0, 0.1) is 4.91 Å². The molecule has 0 saturated carbocycles. The van der Waals surface area contributed by atoms with E-state index in [-0.39, 0.29) is 11.3 Å². The van der Waals surface area contributed by atoms with E-state index in [1.807, 2.05) is 24.3 Å². The lowest BCUT2D eigenvalue weighted by Gasteiger charge is -2.21. The molecule has 0 amide bonds. The van der Waals surface area contributed by atoms with Crippen molar-refractivity contribution in [3.05, 3.63) is 52.9 Å². The zero-order valence-electron chi connectivity index (χ0n) is 13.6. The van der Waals surface area contributed by atoms with Crippen LogP contribution in [0.2, 0.25) is 0 Å². The Kier molecular flexibility index (Phi) is 5.73. The van der Waals surface area contributed by atoms with Gasteiger partial charge in [-0.2, -0.15) is 0 Å². The summed E-state index contributed by atoms with van der Waals surface area (Å²) < 4.78 is 0. The second-order valence-corrected chi connectivity index (χ2v) is 5.10. The molecule has 0 aliphatic heterocycles. The van der Waals surface area contributed by atoms with Crippen LogP contribution in [0.5, 0.6) is 0 Å². The Labute approximate surface area is 140 Å². The van der Waals surface area contributed by atoms with E-state index in [4.69, 9.17) is 0 Å². The first-order valence-electron chi connectivity index (χ1n) is 7.66. The van der Waals surface area contributed by atoms with E-state index in [1.54, 1.807) is 0 Å². The van der Waals surface area contributed by atoms with Gasteiger partial charge < -0.3 is 20.9 Å². The topological polar surface area (TPSA) is 94.0 Å². The lowest BCUT2D eigenvalue weighted by molar-refractivity contribution is 0.0698. The maximum absolute atomic E-state index is 11.3. The smallest absolute Gasteiger partial charge is 0.337 e. The quantitative estimate of drug-likeness (QED) is 0.499. The predicted octanol–water partition coefficient (Wildman–Crippen LogP) is 4.07. The van der Waals surface area contributed by atoms with E-state index >= 15 is 0 Å². The first-order valence-corrected chi connectivity index (χ1v) is 7.66. The Morgan fingerprint density at radius 3 is 2.29 bits per heavy atom. The van der Waals surface area contributed by atoms with Crippen molar-refractivity contribution in [2.75, 3.05) is 28.8 Å². The second kappa shape index (κ2) is 7.96. The third-order valence-electron chi connectivity index (χ3n) is 3.68. The molecule has 2 aromatic carbocycles. The lowest BCUT2D eigenvalue weighted by Crippen LogP contribution is -2.21. The zero-order valence-corrected chi connectivity index (χ0v) is 13.6. The van der Waals surface area contributed by atoms with Gasteiger partial charge in [0.05, 0.1) is 16.9 Å². The summed E-state index contributed by atoms with van der Waals surface area (Å²) in [5, 5.41) is 12.0. The number of anilines is 3. The van der Waals surface area contributed by atoms with Crippen LogP contribution in [0.25, 0.3) is 0 Å². The summed E-state index contributed by atoms with van der Waals surface area (Å²) in [4.78, 5) is 24.0. The predicted molar refractivity (Wildman–Crippen MR) is 96.1 cm³/mol. The fourth-order valence-electron chi connectivity index (χ4n) is 2.36. The average Bonchev–Trinajstić information content (AvgIpc) is 2.61. The molecule has 2 aromatic rings. The molecular weight excluding hydrogens is 308 g/mol. The molecule has 0 aliphatic rings. The van der Waals surface area contributed by atoms with E-state index in [0.29, 0.717) is 5.69 Å². The standard InChI is InChI=1S/C17H20N4O3/c1-3-21(4-2)14-8-5-12(6-9-14)18-19-16-10-7-13(20-24)11-15(16)17(22)23/h5-11,18-19H,3-4H2,1-2H3,(H,22,23). The van der Waals surface area contributed by atoms with Crippen LogP contribution >= 0.6 is 0 Å². The summed E-state index contributed by atoms with van der Waals surface area (Å²) in [5.74, 6) is -1.14. The molecule has 0 aromatic heterocycles. The molecule has 0 fully saturated rings. The highest BCUT2D eigenvalue weighted by molar-refractivity contribution is 5.95. The van der Waals surface area contributed by atoms with Crippen molar-refractivity contribution >= 4 is 28.7 Å². The van der Waals surface area contributed by atoms with E-state index in [1.165, 1.54) is 18.2 Å². The van der Waals surface area contributed by atoms with Crippen LogP contribution < -0.4 is 15.8 Å². The zero-order chi connectivity index (χ0) is 17.5. The molecule has 0 heterocycles. The van der Waals surface area contributed by atoms with Gasteiger partial charge in [0.1, 0.15) is 5.69 Å². The van der Waals surface area contributed by atoms with Gasteiger partial charge in [-0.25, -0.2) is 4.79 Å². The van der Waals surface area contributed by atoms with Crippen LogP contribution in [0.4, 0.5) is 22.7 Å². The molecule has 126 valence electrons. The van der Waals surface area contributed by atoms with Crippen molar-refractivity contribution in [2.24, 2.45) is 5.18 Å². The summed E-state index contributed by atoms with van der Waals surface area (Å²) in [6, 6.07) is 12.0. The molecule has 0 aliphatic carbocycles. The van der Waals surface area contributed by atoms with Crippen LogP contribution in [-0.2, 0) is 0 Å². The molecule has 2 rings (SSSR count). The number of hydrogen-bond donors (Lipinski definition) is 3. The maximum atomic E-state index is 11.3. The number of hydrazine groups is 1. The molecule has 0 unspecified atom stereocenters. The molecule has 3 N–H and O–H groups in total. The Balaban J connectivity index is 2.11. The third kappa shape index (κ3) is 4.01. The van der Waals surface area contributed by atoms with Gasteiger partial charge in [0.25, 0.3) is 0 Å². The van der Waals surface area contributed by atoms with Crippen molar-refractivity contribution in [3.8, 4) is 0 Å². The second-order valence-electron chi connectivity index (χ2n) is 5.10. The normalized spacial score (nSPS) is 10.1. The van der Waals surface area contributed by atoms with Gasteiger partial charge in [0, 0.05) is 18.8 Å². The number of hydrogen-bond acceptors (Lipinski definition) is 6. The average molecular weight is 328 g/mol. The largest absolute Gasteiger partial charge is 0.478 e. The number of nitrogens with zero attached hydrogens (tertiary/aromatic N) is 2. The highest BCUT2D eigenvalue weighted by atomic mass is 16.4. The van der Waals surface area contributed by atoms with Crippen LogP contribution in [0.1, 0.15) is 24.2 Å². The number of benzene rings is 2. The number of nitroso groups, excluding NO2 is 1. The number of rotatable bonds is 8. The van der Waals surface area contributed by atoms with Gasteiger partial charge in [-0.1, -0.05) is 0 Å². The highest BCUT2D eigenvalue weighted by Gasteiger charge is 2.11. The van der Waals surface area contributed by atoms with E-state index in [9.17, 15) is 14.8 Å². The van der Waals surface area contributed by atoms with E-state index in [2.05, 4.69) is 34.8 Å². The van der Waals surface area contributed by atoms with Crippen molar-refractivity contribution in [2.45, 2.75) is 13.8 Å². The van der Waals surface area contributed by atoms with Gasteiger partial charge in [-0.15, -0.1) is 4.91 Å². The van der Waals surface area contributed by atoms with Gasteiger partial charge in [0.2, 0.25) is 0 Å². The molecule has 0 spiro atoms. The van der Waals surface area contributed by atoms with Gasteiger partial charge in [-0.05, 0) is 61.5 Å². The highest BCUT2D eigenvalue weighted by Crippen LogP contribution is 2.23. The SMILES string of the molecule is CCN(CC)c1ccc(NNc2ccc(N=O)cc2C(=O)O)cc1. The molecular formula is C17H20N4O3. The number of aromatic carboxylic acids is 1. The van der Waals surface area contributed by atoms with Crippen molar-refractivity contribution in [1.29, 1.82) is 0 Å². The molecule has 0 atom stereocenters. The molecule has 0 radical (unpaired) electrons. The minimum atomic E-state index is -1.14. The van der Waals surface area contributed by atoms with Gasteiger partial charge >= 0.3 is 5.97 Å². The van der Waals surface area contributed by atoms with Gasteiger partial charge in [0.15, 0.2) is 0 Å². The van der Waals surface area contributed by atoms with Crippen LogP contribution in [-0.4, -0.2) is 24.2 Å². The Bertz CT molecular complexity index is 712. The number of carbonyl (C=O) groups is 1. The first kappa shape index (κ1) is 17.3. The summed E-state index contributed by atoms with van der Waals surface area (Å²) in [7, 11) is 0. The lowest BCUT2D eigenvalue weighted by atomic mass is 10.1. The Hall–Kier alpha value is -3.09. The van der Waals surface area contributed by atoms with E-state index in [0.717, 1.165) is 24.5 Å². The Morgan fingerprint density at radius 1 is 1.08 bits per heavy atom. The van der Waals surface area contributed by atoms with Gasteiger partial charge in [-0.3, -0.25) is 0 Å². The van der Waals surface area contributed by atoms with Crippen molar-refractivity contribution < 1.29 is 9.90 Å². The number of nitrogens with one attached hydrogen (secondary N) is 2. The Morgan fingerprint density at radius 2 is 1.75 bits per heavy atom. The molecule has 24 heavy (non-hydrogen) atoms. The van der Waals surface area contributed by atoms with Crippen LogP contribution in [0.3, 0.4) is 0 Å². The number of carboxylic acids is 1. The fraction of sp³-hybridized carbons (Fsp3) is 0.235. The molecule has 7 heteroatoms. The number of carboxylic acid groups (broad SMARTS) is 1. The minimum absolute atomic E-state index is 0.0284. The maximum Gasteiger partial charge on any atom is 0.337 e. The first-order chi connectivity index (χ1) is 11.6.